The highest BCUT2D eigenvalue weighted by Crippen LogP contribution is 2.08. The van der Waals surface area contributed by atoms with Gasteiger partial charge in [-0.05, 0) is 50.6 Å². The van der Waals surface area contributed by atoms with Crippen LogP contribution in [-0.2, 0) is 11.2 Å². The maximum Gasteiger partial charge on any atom is 0.236 e. The minimum atomic E-state index is 0.271. The number of hydrogen-bond acceptors (Lipinski definition) is 2. The molecule has 0 saturated carbocycles. The number of benzene rings is 1. The number of likely N-dealkylation sites (tertiary alicyclic amines) is 1. The molecule has 1 aromatic carbocycles. The molecule has 1 amide bonds. The van der Waals surface area contributed by atoms with Crippen LogP contribution in [0.5, 0.6) is 0 Å². The van der Waals surface area contributed by atoms with Gasteiger partial charge in [0.2, 0.25) is 5.91 Å². The van der Waals surface area contributed by atoms with E-state index in [1.807, 2.05) is 4.90 Å². The Labute approximate surface area is 122 Å². The highest BCUT2D eigenvalue weighted by atomic mass is 16.2. The second-order valence-electron chi connectivity index (χ2n) is 5.56. The van der Waals surface area contributed by atoms with Gasteiger partial charge in [0.1, 0.15) is 0 Å². The smallest absolute Gasteiger partial charge is 0.236 e. The second kappa shape index (κ2) is 8.75. The lowest BCUT2D eigenvalue weighted by Gasteiger charge is -2.26. The Balaban J connectivity index is 1.50. The van der Waals surface area contributed by atoms with Crippen LogP contribution >= 0.6 is 0 Å². The van der Waals surface area contributed by atoms with Crippen molar-refractivity contribution in [1.82, 2.24) is 10.2 Å². The van der Waals surface area contributed by atoms with Gasteiger partial charge < -0.3 is 10.2 Å². The fourth-order valence-corrected chi connectivity index (χ4v) is 2.67. The molecule has 1 N–H and O–H groups in total. The Hall–Kier alpha value is -1.35. The van der Waals surface area contributed by atoms with E-state index in [0.29, 0.717) is 6.54 Å². The molecule has 110 valence electrons. The molecule has 1 saturated heterocycles. The van der Waals surface area contributed by atoms with E-state index in [9.17, 15) is 4.79 Å². The molecule has 0 aliphatic carbocycles. The van der Waals surface area contributed by atoms with E-state index in [-0.39, 0.29) is 5.91 Å². The summed E-state index contributed by atoms with van der Waals surface area (Å²) in [5.74, 6) is 0.271. The molecule has 2 rings (SSSR count). The van der Waals surface area contributed by atoms with Gasteiger partial charge in [0, 0.05) is 13.1 Å². The second-order valence-corrected chi connectivity index (χ2v) is 5.56. The first-order valence-corrected chi connectivity index (χ1v) is 7.89. The van der Waals surface area contributed by atoms with Crippen LogP contribution in [0.2, 0.25) is 0 Å². The van der Waals surface area contributed by atoms with Crippen molar-refractivity contribution in [3.63, 3.8) is 0 Å². The van der Waals surface area contributed by atoms with Crippen LogP contribution in [0.4, 0.5) is 0 Å². The van der Waals surface area contributed by atoms with E-state index in [1.165, 1.54) is 31.2 Å². The quantitative estimate of drug-likeness (QED) is 0.775. The number of amides is 1. The molecule has 0 unspecified atom stereocenters. The number of unbranched alkanes of at least 4 members (excludes halogenated alkanes) is 1. The van der Waals surface area contributed by atoms with Crippen molar-refractivity contribution in [2.45, 2.75) is 38.5 Å². The number of piperidine rings is 1. The summed E-state index contributed by atoms with van der Waals surface area (Å²) in [4.78, 5) is 13.9. The monoisotopic (exact) mass is 274 g/mol. The topological polar surface area (TPSA) is 32.3 Å². The summed E-state index contributed by atoms with van der Waals surface area (Å²) in [6.45, 7) is 3.35. The molecule has 1 aliphatic rings. The van der Waals surface area contributed by atoms with Gasteiger partial charge in [-0.1, -0.05) is 30.3 Å². The summed E-state index contributed by atoms with van der Waals surface area (Å²) in [5.41, 5.74) is 1.40. The van der Waals surface area contributed by atoms with Crippen molar-refractivity contribution >= 4 is 5.91 Å². The fraction of sp³-hybridized carbons (Fsp3) is 0.588. The zero-order valence-corrected chi connectivity index (χ0v) is 12.3. The van der Waals surface area contributed by atoms with E-state index < -0.39 is 0 Å². The van der Waals surface area contributed by atoms with Crippen molar-refractivity contribution in [2.24, 2.45) is 0 Å². The molecule has 3 heteroatoms. The third-order valence-electron chi connectivity index (χ3n) is 3.90. The summed E-state index contributed by atoms with van der Waals surface area (Å²) in [5, 5.41) is 3.28. The number of nitrogens with zero attached hydrogens (tertiary/aromatic N) is 1. The van der Waals surface area contributed by atoms with Crippen LogP contribution in [0.25, 0.3) is 0 Å². The SMILES string of the molecule is O=C(CNCCCCc1ccccc1)N1CCCCC1. The lowest BCUT2D eigenvalue weighted by Crippen LogP contribution is -2.41. The molecule has 0 radical (unpaired) electrons. The van der Waals surface area contributed by atoms with Gasteiger partial charge in [-0.3, -0.25) is 4.79 Å². The van der Waals surface area contributed by atoms with Crippen LogP contribution in [-0.4, -0.2) is 37.0 Å². The number of nitrogens with one attached hydrogen (secondary N) is 1. The highest BCUT2D eigenvalue weighted by Gasteiger charge is 2.15. The molecule has 1 aliphatic heterocycles. The van der Waals surface area contributed by atoms with Crippen LogP contribution in [0, 0.1) is 0 Å². The van der Waals surface area contributed by atoms with E-state index in [0.717, 1.165) is 32.5 Å². The molecule has 1 fully saturated rings. The Morgan fingerprint density at radius 2 is 1.80 bits per heavy atom. The van der Waals surface area contributed by atoms with Crippen molar-refractivity contribution < 1.29 is 4.79 Å². The van der Waals surface area contributed by atoms with Crippen molar-refractivity contribution in [3.05, 3.63) is 35.9 Å². The van der Waals surface area contributed by atoms with Crippen LogP contribution in [0.15, 0.2) is 30.3 Å². The standard InChI is InChI=1S/C17H26N2O/c20-17(19-13-7-2-8-14-19)15-18-12-6-5-11-16-9-3-1-4-10-16/h1,3-4,9-10,18H,2,5-8,11-15H2. The van der Waals surface area contributed by atoms with Gasteiger partial charge in [-0.2, -0.15) is 0 Å². The number of aryl methyl sites for hydroxylation is 1. The predicted molar refractivity (Wildman–Crippen MR) is 82.7 cm³/mol. The minimum Gasteiger partial charge on any atom is -0.342 e. The average molecular weight is 274 g/mol. The van der Waals surface area contributed by atoms with Crippen LogP contribution in [0.1, 0.15) is 37.7 Å². The lowest BCUT2D eigenvalue weighted by molar-refractivity contribution is -0.131. The molecular formula is C17H26N2O. The number of rotatable bonds is 7. The van der Waals surface area contributed by atoms with Crippen LogP contribution in [0.3, 0.4) is 0 Å². The average Bonchev–Trinajstić information content (AvgIpc) is 2.52. The normalized spacial score (nSPS) is 15.3. The van der Waals surface area contributed by atoms with Gasteiger partial charge in [-0.25, -0.2) is 0 Å². The fourth-order valence-electron chi connectivity index (χ4n) is 2.67. The van der Waals surface area contributed by atoms with Gasteiger partial charge in [0.15, 0.2) is 0 Å². The van der Waals surface area contributed by atoms with Gasteiger partial charge in [0.25, 0.3) is 0 Å². The lowest BCUT2D eigenvalue weighted by atomic mass is 10.1. The number of carbonyl (C=O) groups excluding carboxylic acids is 1. The molecule has 0 atom stereocenters. The molecule has 0 bridgehead atoms. The summed E-state index contributed by atoms with van der Waals surface area (Å²) in [6, 6.07) is 10.6. The van der Waals surface area contributed by atoms with Crippen LogP contribution < -0.4 is 5.32 Å². The predicted octanol–water partition coefficient (Wildman–Crippen LogP) is 2.61. The van der Waals surface area contributed by atoms with E-state index in [4.69, 9.17) is 0 Å². The first-order chi connectivity index (χ1) is 9.86. The first kappa shape index (κ1) is 15.0. The molecule has 20 heavy (non-hydrogen) atoms. The summed E-state index contributed by atoms with van der Waals surface area (Å²) in [7, 11) is 0. The Kier molecular flexibility index (Phi) is 6.58. The van der Waals surface area contributed by atoms with Gasteiger partial charge >= 0.3 is 0 Å². The third kappa shape index (κ3) is 5.33. The third-order valence-corrected chi connectivity index (χ3v) is 3.90. The molecular weight excluding hydrogens is 248 g/mol. The molecule has 1 aromatic rings. The summed E-state index contributed by atoms with van der Waals surface area (Å²) < 4.78 is 0. The Bertz CT molecular complexity index is 385. The highest BCUT2D eigenvalue weighted by molar-refractivity contribution is 5.78. The largest absolute Gasteiger partial charge is 0.342 e. The van der Waals surface area contributed by atoms with Gasteiger partial charge in [-0.15, -0.1) is 0 Å². The van der Waals surface area contributed by atoms with E-state index >= 15 is 0 Å². The molecule has 0 aromatic heterocycles. The van der Waals surface area contributed by atoms with E-state index in [2.05, 4.69) is 35.6 Å². The summed E-state index contributed by atoms with van der Waals surface area (Å²) >= 11 is 0. The Morgan fingerprint density at radius 1 is 1.05 bits per heavy atom. The zero-order chi connectivity index (χ0) is 14.0. The van der Waals surface area contributed by atoms with E-state index in [1.54, 1.807) is 0 Å². The maximum atomic E-state index is 11.9. The first-order valence-electron chi connectivity index (χ1n) is 7.89. The zero-order valence-electron chi connectivity index (χ0n) is 12.3. The molecule has 0 spiro atoms. The van der Waals surface area contributed by atoms with Crippen molar-refractivity contribution in [3.8, 4) is 0 Å². The van der Waals surface area contributed by atoms with Crippen molar-refractivity contribution in [1.29, 1.82) is 0 Å². The maximum absolute atomic E-state index is 11.9. The van der Waals surface area contributed by atoms with Gasteiger partial charge in [0.05, 0.1) is 6.54 Å². The summed E-state index contributed by atoms with van der Waals surface area (Å²) in [6.07, 6.45) is 7.04. The molecule has 1 heterocycles. The minimum absolute atomic E-state index is 0.271. The molecule has 3 nitrogen and oxygen atoms in total. The number of hydrogen-bond donors (Lipinski definition) is 1. The Morgan fingerprint density at radius 3 is 2.55 bits per heavy atom. The van der Waals surface area contributed by atoms with Crippen molar-refractivity contribution in [2.75, 3.05) is 26.2 Å². The number of carbonyl (C=O) groups is 1.